The van der Waals surface area contributed by atoms with Crippen molar-refractivity contribution in [1.82, 2.24) is 15.5 Å². The Morgan fingerprint density at radius 1 is 1.07 bits per heavy atom. The second-order valence-electron chi connectivity index (χ2n) is 6.66. The van der Waals surface area contributed by atoms with E-state index in [1.165, 1.54) is 12.1 Å². The van der Waals surface area contributed by atoms with E-state index in [4.69, 9.17) is 23.2 Å². The molecule has 8 heteroatoms. The van der Waals surface area contributed by atoms with Gasteiger partial charge in [0.2, 0.25) is 11.8 Å². The second-order valence-corrected chi connectivity index (χ2v) is 7.51. The number of rotatable bonds is 9. The van der Waals surface area contributed by atoms with Crippen LogP contribution >= 0.6 is 23.2 Å². The van der Waals surface area contributed by atoms with Gasteiger partial charge in [-0.05, 0) is 48.9 Å². The Hall–Kier alpha value is -2.15. The van der Waals surface area contributed by atoms with E-state index < -0.39 is 0 Å². The van der Waals surface area contributed by atoms with Crippen molar-refractivity contribution in [2.75, 3.05) is 19.6 Å². The fraction of sp³-hybridized carbons (Fsp3) is 0.333. The third-order valence-electron chi connectivity index (χ3n) is 4.39. The Balaban J connectivity index is 1.82. The zero-order chi connectivity index (χ0) is 21.4. The lowest BCUT2D eigenvalue weighted by atomic mass is 10.1. The molecule has 0 aliphatic rings. The van der Waals surface area contributed by atoms with Crippen LogP contribution in [-0.4, -0.2) is 36.3 Å². The lowest BCUT2D eigenvalue weighted by Gasteiger charge is -2.22. The van der Waals surface area contributed by atoms with Gasteiger partial charge in [0.1, 0.15) is 5.82 Å². The first-order valence-corrected chi connectivity index (χ1v) is 10.0. The van der Waals surface area contributed by atoms with Crippen molar-refractivity contribution in [3.63, 3.8) is 0 Å². The maximum Gasteiger partial charge on any atom is 0.234 e. The summed E-state index contributed by atoms with van der Waals surface area (Å²) in [5.74, 6) is -0.744. The molecule has 0 spiro atoms. The number of nitrogens with one attached hydrogen (secondary N) is 2. The minimum absolute atomic E-state index is 0.0794. The van der Waals surface area contributed by atoms with Gasteiger partial charge >= 0.3 is 0 Å². The fourth-order valence-electron chi connectivity index (χ4n) is 2.76. The van der Waals surface area contributed by atoms with E-state index in [9.17, 15) is 14.0 Å². The number of likely N-dealkylation sites (N-methyl/N-ethyl adjacent to an activating group) is 1. The van der Waals surface area contributed by atoms with Crippen LogP contribution in [0.25, 0.3) is 0 Å². The normalized spacial score (nSPS) is 11.9. The number of carbonyl (C=O) groups excluding carboxylic acids is 2. The average molecular weight is 440 g/mol. The van der Waals surface area contributed by atoms with Crippen LogP contribution in [-0.2, 0) is 16.1 Å². The van der Waals surface area contributed by atoms with Crippen molar-refractivity contribution < 1.29 is 14.0 Å². The average Bonchev–Trinajstić information content (AvgIpc) is 2.66. The van der Waals surface area contributed by atoms with E-state index in [-0.39, 0.29) is 36.8 Å². The molecule has 0 aliphatic carbocycles. The summed E-state index contributed by atoms with van der Waals surface area (Å²) >= 11 is 12.1. The summed E-state index contributed by atoms with van der Waals surface area (Å²) in [4.78, 5) is 26.3. The number of amides is 2. The van der Waals surface area contributed by atoms with Crippen molar-refractivity contribution in [1.29, 1.82) is 0 Å². The van der Waals surface area contributed by atoms with Crippen molar-refractivity contribution in [3.8, 4) is 0 Å². The summed E-state index contributed by atoms with van der Waals surface area (Å²) < 4.78 is 12.9. The molecule has 156 valence electrons. The molecule has 0 bridgehead atoms. The maximum atomic E-state index is 12.9. The Labute approximate surface area is 180 Å². The second kappa shape index (κ2) is 11.1. The first-order chi connectivity index (χ1) is 13.8. The van der Waals surface area contributed by atoms with E-state index in [0.29, 0.717) is 23.1 Å². The lowest BCUT2D eigenvalue weighted by Crippen LogP contribution is -2.43. The summed E-state index contributed by atoms with van der Waals surface area (Å²) in [6, 6.07) is 10.7. The molecule has 5 nitrogen and oxygen atoms in total. The molecule has 2 rings (SSSR count). The smallest absolute Gasteiger partial charge is 0.234 e. The molecule has 0 radical (unpaired) electrons. The molecule has 2 aromatic rings. The van der Waals surface area contributed by atoms with Gasteiger partial charge in [-0.2, -0.15) is 0 Å². The van der Waals surface area contributed by atoms with Crippen LogP contribution in [0.3, 0.4) is 0 Å². The molecule has 2 amide bonds. The molecule has 0 aromatic heterocycles. The Kier molecular flexibility index (Phi) is 8.89. The van der Waals surface area contributed by atoms with Crippen molar-refractivity contribution in [2.24, 2.45) is 0 Å². The molecule has 2 aromatic carbocycles. The first kappa shape index (κ1) is 23.1. The van der Waals surface area contributed by atoms with Gasteiger partial charge in [-0.15, -0.1) is 0 Å². The minimum Gasteiger partial charge on any atom is -0.351 e. The summed E-state index contributed by atoms with van der Waals surface area (Å²) in [6.07, 6.45) is 0. The standard InChI is InChI=1S/C21H24Cl2FN3O2/c1-3-27(12-20(28)25-11-15-4-7-17(24)8-5-15)13-21(29)26-14(2)18-9-6-16(22)10-19(18)23/h4-10,14H,3,11-13H2,1-2H3,(H,25,28)(H,26,29). The molecular formula is C21H24Cl2FN3O2. The van der Waals surface area contributed by atoms with Gasteiger partial charge in [-0.3, -0.25) is 14.5 Å². The van der Waals surface area contributed by atoms with E-state index in [2.05, 4.69) is 10.6 Å². The summed E-state index contributed by atoms with van der Waals surface area (Å²) in [7, 11) is 0. The largest absolute Gasteiger partial charge is 0.351 e. The first-order valence-electron chi connectivity index (χ1n) is 9.26. The van der Waals surface area contributed by atoms with Crippen molar-refractivity contribution in [3.05, 3.63) is 69.5 Å². The van der Waals surface area contributed by atoms with Crippen LogP contribution in [0.15, 0.2) is 42.5 Å². The third kappa shape index (κ3) is 7.65. The van der Waals surface area contributed by atoms with Crippen LogP contribution < -0.4 is 10.6 Å². The molecule has 0 saturated heterocycles. The fourth-order valence-corrected chi connectivity index (χ4v) is 3.33. The highest BCUT2D eigenvalue weighted by Crippen LogP contribution is 2.26. The quantitative estimate of drug-likeness (QED) is 0.621. The summed E-state index contributed by atoms with van der Waals surface area (Å²) in [6.45, 7) is 4.71. The Bertz CT molecular complexity index is 846. The summed E-state index contributed by atoms with van der Waals surface area (Å²) in [5, 5.41) is 6.67. The predicted octanol–water partition coefficient (Wildman–Crippen LogP) is 3.95. The zero-order valence-corrected chi connectivity index (χ0v) is 17.9. The van der Waals surface area contributed by atoms with Crippen LogP contribution in [0.5, 0.6) is 0 Å². The maximum absolute atomic E-state index is 12.9. The highest BCUT2D eigenvalue weighted by molar-refractivity contribution is 6.35. The molecule has 0 fully saturated rings. The van der Waals surface area contributed by atoms with Gasteiger partial charge in [-0.25, -0.2) is 4.39 Å². The third-order valence-corrected chi connectivity index (χ3v) is 4.95. The molecule has 0 heterocycles. The highest BCUT2D eigenvalue weighted by Gasteiger charge is 2.17. The van der Waals surface area contributed by atoms with Crippen LogP contribution in [0.1, 0.15) is 31.0 Å². The van der Waals surface area contributed by atoms with E-state index in [1.807, 2.05) is 13.8 Å². The van der Waals surface area contributed by atoms with Gasteiger partial charge in [0.15, 0.2) is 0 Å². The number of nitrogens with zero attached hydrogens (tertiary/aromatic N) is 1. The molecular weight excluding hydrogens is 416 g/mol. The number of hydrogen-bond acceptors (Lipinski definition) is 3. The van der Waals surface area contributed by atoms with Gasteiger partial charge in [0.05, 0.1) is 19.1 Å². The number of hydrogen-bond donors (Lipinski definition) is 2. The topological polar surface area (TPSA) is 61.4 Å². The molecule has 29 heavy (non-hydrogen) atoms. The zero-order valence-electron chi connectivity index (χ0n) is 16.3. The minimum atomic E-state index is -0.322. The summed E-state index contributed by atoms with van der Waals surface area (Å²) in [5.41, 5.74) is 1.57. The number of carbonyl (C=O) groups is 2. The van der Waals surface area contributed by atoms with Gasteiger partial charge in [0, 0.05) is 16.6 Å². The number of halogens is 3. The molecule has 1 unspecified atom stereocenters. The molecule has 1 atom stereocenters. The highest BCUT2D eigenvalue weighted by atomic mass is 35.5. The molecule has 0 saturated carbocycles. The number of benzene rings is 2. The van der Waals surface area contributed by atoms with Gasteiger partial charge < -0.3 is 10.6 Å². The van der Waals surface area contributed by atoms with Crippen LogP contribution in [0.2, 0.25) is 10.0 Å². The molecule has 2 N–H and O–H groups in total. The van der Waals surface area contributed by atoms with E-state index in [0.717, 1.165) is 11.1 Å². The van der Waals surface area contributed by atoms with Crippen molar-refractivity contribution in [2.45, 2.75) is 26.4 Å². The van der Waals surface area contributed by atoms with Gasteiger partial charge in [-0.1, -0.05) is 48.3 Å². The lowest BCUT2D eigenvalue weighted by molar-refractivity contribution is -0.125. The van der Waals surface area contributed by atoms with Crippen LogP contribution in [0.4, 0.5) is 4.39 Å². The monoisotopic (exact) mass is 439 g/mol. The van der Waals surface area contributed by atoms with Gasteiger partial charge in [0.25, 0.3) is 0 Å². The van der Waals surface area contributed by atoms with E-state index in [1.54, 1.807) is 35.2 Å². The predicted molar refractivity (Wildman–Crippen MR) is 113 cm³/mol. The molecule has 0 aliphatic heterocycles. The Morgan fingerprint density at radius 2 is 1.72 bits per heavy atom. The van der Waals surface area contributed by atoms with Crippen molar-refractivity contribution >= 4 is 35.0 Å². The SMILES string of the molecule is CCN(CC(=O)NCc1ccc(F)cc1)CC(=O)NC(C)c1ccc(Cl)cc1Cl. The van der Waals surface area contributed by atoms with E-state index >= 15 is 0 Å². The van der Waals surface area contributed by atoms with Crippen LogP contribution in [0, 0.1) is 5.82 Å². The Morgan fingerprint density at radius 3 is 2.34 bits per heavy atom.